The van der Waals surface area contributed by atoms with E-state index in [-0.39, 0.29) is 50.9 Å². The summed E-state index contributed by atoms with van der Waals surface area (Å²) in [5.74, 6) is -4.00. The van der Waals surface area contributed by atoms with E-state index in [0.29, 0.717) is 17.8 Å². The molecule has 0 bridgehead atoms. The molecule has 3 amide bonds. The molecule has 2 aromatic carbocycles. The van der Waals surface area contributed by atoms with Crippen LogP contribution in [-0.4, -0.2) is 82.0 Å². The normalized spacial score (nSPS) is 13.5. The number of hydrogen-bond acceptors (Lipinski definition) is 9. The van der Waals surface area contributed by atoms with Gasteiger partial charge in [-0.05, 0) is 89.6 Å². The number of nitrogens with two attached hydrogens (primary N) is 2. The average molecular weight is 825 g/mol. The largest absolute Gasteiger partial charge is 0.460 e. The minimum atomic E-state index is -1.13. The second kappa shape index (κ2) is 20.7. The molecule has 0 aliphatic rings. The van der Waals surface area contributed by atoms with Crippen LogP contribution in [0.25, 0.3) is 11.1 Å². The van der Waals surface area contributed by atoms with E-state index in [4.69, 9.17) is 20.9 Å². The van der Waals surface area contributed by atoms with Crippen LogP contribution in [0.3, 0.4) is 0 Å². The van der Waals surface area contributed by atoms with Crippen molar-refractivity contribution in [3.63, 3.8) is 0 Å². The maximum Gasteiger partial charge on any atom is 0.329 e. The maximum absolute atomic E-state index is 15.1. The van der Waals surface area contributed by atoms with Crippen LogP contribution in [0.15, 0.2) is 60.8 Å². The van der Waals surface area contributed by atoms with Crippen molar-refractivity contribution in [3.8, 4) is 11.1 Å². The molecule has 15 heteroatoms. The number of esters is 2. The molecule has 1 heterocycles. The third-order valence-electron chi connectivity index (χ3n) is 9.02. The van der Waals surface area contributed by atoms with Crippen LogP contribution in [0.5, 0.6) is 0 Å². The molecular weight excluding hydrogens is 763 g/mol. The zero-order valence-corrected chi connectivity index (χ0v) is 35.8. The van der Waals surface area contributed by atoms with Crippen LogP contribution in [0, 0.1) is 17.0 Å². The number of ether oxygens (including phenoxy) is 2. The molecule has 0 saturated carbocycles. The Balaban J connectivity index is 1.76. The molecule has 0 aliphatic carbocycles. The number of halogens is 2. The first kappa shape index (κ1) is 48.2. The molecule has 3 aromatic rings. The SMILES string of the molecule is CC(C)(C)OC(=O)CC[C@@H](NC(=O)CCNC(=O)[C@@H](N)CCN(C(=O)CN)[C@@H](c1cc(-c2cc(F)ccc2F)cn1Cc1ccccc1)C(C)(C)C)C(=O)OC(C)(C)C. The van der Waals surface area contributed by atoms with E-state index in [1.165, 1.54) is 0 Å². The number of aromatic nitrogens is 1. The molecule has 3 rings (SSSR count). The van der Waals surface area contributed by atoms with Crippen molar-refractivity contribution in [1.29, 1.82) is 0 Å². The molecule has 13 nitrogen and oxygen atoms in total. The Morgan fingerprint density at radius 2 is 1.49 bits per heavy atom. The predicted octanol–water partition coefficient (Wildman–Crippen LogP) is 5.53. The summed E-state index contributed by atoms with van der Waals surface area (Å²) in [6.07, 6.45) is 1.35. The lowest BCUT2D eigenvalue weighted by Gasteiger charge is -2.41. The molecule has 0 unspecified atom stereocenters. The van der Waals surface area contributed by atoms with Gasteiger partial charge in [0, 0.05) is 55.5 Å². The molecule has 3 atom stereocenters. The molecule has 59 heavy (non-hydrogen) atoms. The van der Waals surface area contributed by atoms with Gasteiger partial charge in [-0.1, -0.05) is 51.1 Å². The highest BCUT2D eigenvalue weighted by atomic mass is 19.1. The minimum Gasteiger partial charge on any atom is -0.460 e. The summed E-state index contributed by atoms with van der Waals surface area (Å²) in [6.45, 7) is 16.0. The van der Waals surface area contributed by atoms with Crippen LogP contribution >= 0.6 is 0 Å². The molecular formula is C44H62F2N6O7. The molecule has 1 aromatic heterocycles. The van der Waals surface area contributed by atoms with E-state index >= 15 is 4.39 Å². The summed E-state index contributed by atoms with van der Waals surface area (Å²) >= 11 is 0. The maximum atomic E-state index is 15.1. The first-order valence-electron chi connectivity index (χ1n) is 19.8. The van der Waals surface area contributed by atoms with Gasteiger partial charge in [-0.2, -0.15) is 0 Å². The number of nitrogens with zero attached hydrogens (tertiary/aromatic N) is 2. The van der Waals surface area contributed by atoms with Crippen molar-refractivity contribution < 1.29 is 42.2 Å². The Morgan fingerprint density at radius 1 is 0.847 bits per heavy atom. The molecule has 0 spiro atoms. The second-order valence-corrected chi connectivity index (χ2v) is 17.7. The Kier molecular flexibility index (Phi) is 16.9. The third-order valence-corrected chi connectivity index (χ3v) is 9.02. The molecule has 324 valence electrons. The van der Waals surface area contributed by atoms with Gasteiger partial charge in [0.25, 0.3) is 0 Å². The van der Waals surface area contributed by atoms with Gasteiger partial charge >= 0.3 is 11.9 Å². The molecule has 0 radical (unpaired) electrons. The van der Waals surface area contributed by atoms with Crippen molar-refractivity contribution in [1.82, 2.24) is 20.1 Å². The van der Waals surface area contributed by atoms with Crippen LogP contribution in [0.2, 0.25) is 0 Å². The Morgan fingerprint density at radius 3 is 2.08 bits per heavy atom. The highest BCUT2D eigenvalue weighted by Gasteiger charge is 2.37. The lowest BCUT2D eigenvalue weighted by molar-refractivity contribution is -0.160. The summed E-state index contributed by atoms with van der Waals surface area (Å²) < 4.78 is 42.1. The van der Waals surface area contributed by atoms with Gasteiger partial charge in [0.1, 0.15) is 28.9 Å². The minimum absolute atomic E-state index is 0.0163. The van der Waals surface area contributed by atoms with Gasteiger partial charge in [0.15, 0.2) is 0 Å². The summed E-state index contributed by atoms with van der Waals surface area (Å²) in [5.41, 5.74) is 12.1. The molecule has 6 N–H and O–H groups in total. The van der Waals surface area contributed by atoms with Gasteiger partial charge < -0.3 is 41.0 Å². The first-order valence-corrected chi connectivity index (χ1v) is 19.8. The quantitative estimate of drug-likeness (QED) is 0.120. The highest BCUT2D eigenvalue weighted by molar-refractivity contribution is 5.86. The van der Waals surface area contributed by atoms with Crippen molar-refractivity contribution >= 4 is 29.7 Å². The summed E-state index contributed by atoms with van der Waals surface area (Å²) in [6, 6.07) is 11.7. The fourth-order valence-corrected chi connectivity index (χ4v) is 6.51. The number of carbonyl (C=O) groups is 5. The topological polar surface area (TPSA) is 188 Å². The van der Waals surface area contributed by atoms with E-state index in [1.54, 1.807) is 58.7 Å². The van der Waals surface area contributed by atoms with E-state index in [1.807, 2.05) is 55.7 Å². The Bertz CT molecular complexity index is 1910. The fourth-order valence-electron chi connectivity index (χ4n) is 6.51. The van der Waals surface area contributed by atoms with Crippen LogP contribution in [-0.2, 0) is 40.0 Å². The van der Waals surface area contributed by atoms with E-state index in [9.17, 15) is 28.4 Å². The summed E-state index contributed by atoms with van der Waals surface area (Å²) in [5, 5.41) is 5.24. The Labute approximate surface area is 346 Å². The smallest absolute Gasteiger partial charge is 0.329 e. The number of nitrogens with one attached hydrogen (secondary N) is 2. The van der Waals surface area contributed by atoms with E-state index < -0.39 is 76.0 Å². The van der Waals surface area contributed by atoms with Gasteiger partial charge in [-0.15, -0.1) is 0 Å². The molecule has 0 fully saturated rings. The van der Waals surface area contributed by atoms with Crippen molar-refractivity contribution in [2.75, 3.05) is 19.6 Å². The number of amides is 3. The van der Waals surface area contributed by atoms with Crippen molar-refractivity contribution in [2.45, 2.75) is 124 Å². The fraction of sp³-hybridized carbons (Fsp3) is 0.523. The van der Waals surface area contributed by atoms with Crippen LogP contribution < -0.4 is 22.1 Å². The van der Waals surface area contributed by atoms with Crippen molar-refractivity contribution in [3.05, 3.63) is 83.7 Å². The lowest BCUT2D eigenvalue weighted by atomic mass is 9.82. The summed E-state index contributed by atoms with van der Waals surface area (Å²) in [4.78, 5) is 66.6. The monoisotopic (exact) mass is 824 g/mol. The van der Waals surface area contributed by atoms with Gasteiger partial charge in [-0.25, -0.2) is 13.6 Å². The number of rotatable bonds is 18. The standard InChI is InChI=1S/C44H62F2N6O7/c1-42(2,3)39(35-23-29(31-24-30(45)15-16-32(31)46)27-51(35)26-28-13-11-10-12-14-28)52(37(54)25-47)22-20-33(48)40(56)49-21-19-36(53)50-34(41(57)59-44(7,8)9)17-18-38(55)58-43(4,5)6/h10-16,23-24,27,33-34,39H,17-22,25-26,47-48H2,1-9H3,(H,49,56)(H,50,53)/t33-,34+,39-/m0/s1. The van der Waals surface area contributed by atoms with Crippen molar-refractivity contribution in [2.24, 2.45) is 16.9 Å². The number of hydrogen-bond donors (Lipinski definition) is 4. The molecule has 0 aliphatic heterocycles. The zero-order valence-electron chi connectivity index (χ0n) is 35.8. The van der Waals surface area contributed by atoms with Gasteiger partial charge in [-0.3, -0.25) is 19.2 Å². The third kappa shape index (κ3) is 15.5. The Hall–Kier alpha value is -5.15. The summed E-state index contributed by atoms with van der Waals surface area (Å²) in [7, 11) is 0. The van der Waals surface area contributed by atoms with E-state index in [2.05, 4.69) is 10.6 Å². The predicted molar refractivity (Wildman–Crippen MR) is 221 cm³/mol. The van der Waals surface area contributed by atoms with Crippen LogP contribution in [0.4, 0.5) is 8.78 Å². The van der Waals surface area contributed by atoms with E-state index in [0.717, 1.165) is 23.8 Å². The van der Waals surface area contributed by atoms with Crippen LogP contribution in [0.1, 0.15) is 105 Å². The molecule has 0 saturated heterocycles. The zero-order chi connectivity index (χ0) is 44.3. The first-order chi connectivity index (χ1) is 27.4. The number of benzene rings is 2. The highest BCUT2D eigenvalue weighted by Crippen LogP contribution is 2.41. The second-order valence-electron chi connectivity index (χ2n) is 17.7. The number of carbonyl (C=O) groups excluding carboxylic acids is 5. The lowest BCUT2D eigenvalue weighted by Crippen LogP contribution is -2.49. The average Bonchev–Trinajstić information content (AvgIpc) is 3.52. The van der Waals surface area contributed by atoms with Gasteiger partial charge in [0.05, 0.1) is 18.6 Å². The van der Waals surface area contributed by atoms with Gasteiger partial charge in [0.2, 0.25) is 17.7 Å².